The first kappa shape index (κ1) is 17.5. The minimum atomic E-state index is 0. The molecule has 0 amide bonds. The summed E-state index contributed by atoms with van der Waals surface area (Å²) >= 11 is 1.69. The van der Waals surface area contributed by atoms with Crippen molar-refractivity contribution in [2.75, 3.05) is 0 Å². The van der Waals surface area contributed by atoms with Gasteiger partial charge in [0.1, 0.15) is 0 Å². The van der Waals surface area contributed by atoms with Crippen LogP contribution in [-0.2, 0) is 19.8 Å². The van der Waals surface area contributed by atoms with Crippen molar-refractivity contribution in [1.29, 1.82) is 0 Å². The van der Waals surface area contributed by atoms with E-state index in [1.807, 2.05) is 0 Å². The van der Waals surface area contributed by atoms with Crippen LogP contribution in [0.1, 0.15) is 0 Å². The van der Waals surface area contributed by atoms with Gasteiger partial charge in [-0.15, -0.1) is 0 Å². The van der Waals surface area contributed by atoms with Gasteiger partial charge in [-0.05, 0) is 0 Å². The van der Waals surface area contributed by atoms with Gasteiger partial charge in [0.2, 0.25) is 0 Å². The summed E-state index contributed by atoms with van der Waals surface area (Å²) in [5.74, 6) is 0. The topological polar surface area (TPSA) is 17.1 Å². The summed E-state index contributed by atoms with van der Waals surface area (Å²) in [5, 5.41) is 0. The molecule has 0 aromatic heterocycles. The van der Waals surface area contributed by atoms with Crippen LogP contribution in [0.5, 0.6) is 0 Å². The van der Waals surface area contributed by atoms with Gasteiger partial charge in [-0.25, -0.2) is 0 Å². The molecule has 0 aliphatic carbocycles. The number of rotatable bonds is 0. The Labute approximate surface area is 59.8 Å². The van der Waals surface area contributed by atoms with E-state index in [-0.39, 0.29) is 40.4 Å². The Kier molecular flexibility index (Phi) is 101. The Morgan fingerprint density at radius 1 is 1.25 bits per heavy atom. The van der Waals surface area contributed by atoms with E-state index >= 15 is 0 Å². The van der Waals surface area contributed by atoms with Crippen molar-refractivity contribution in [3.8, 4) is 0 Å². The SMILES string of the molecule is [AlH3].[MgH2].[O]=[Mn]. The molecule has 1 nitrogen and oxygen atoms in total. The van der Waals surface area contributed by atoms with Gasteiger partial charge in [-0.1, -0.05) is 0 Å². The van der Waals surface area contributed by atoms with E-state index < -0.39 is 0 Å². The summed E-state index contributed by atoms with van der Waals surface area (Å²) in [6.45, 7) is 0. The maximum atomic E-state index is 8.06. The Morgan fingerprint density at radius 3 is 1.25 bits per heavy atom. The molecule has 0 heterocycles. The molecule has 0 aromatic carbocycles. The molecule has 0 atom stereocenters. The summed E-state index contributed by atoms with van der Waals surface area (Å²) in [6.07, 6.45) is 0. The van der Waals surface area contributed by atoms with Crippen molar-refractivity contribution >= 4 is 40.4 Å². The number of hydrogen-bond donors (Lipinski definition) is 0. The van der Waals surface area contributed by atoms with Crippen molar-refractivity contribution in [3.05, 3.63) is 0 Å². The molecule has 0 unspecified atom stereocenters. The van der Waals surface area contributed by atoms with Crippen LogP contribution < -0.4 is 0 Å². The Hall–Kier alpha value is 1.62. The third-order valence-corrected chi connectivity index (χ3v) is 0. The first-order valence-electron chi connectivity index (χ1n) is 0.154. The van der Waals surface area contributed by atoms with E-state index in [1.54, 1.807) is 15.9 Å². The van der Waals surface area contributed by atoms with E-state index in [4.69, 9.17) is 3.83 Å². The van der Waals surface area contributed by atoms with E-state index in [2.05, 4.69) is 0 Å². The molecule has 0 aliphatic rings. The fraction of sp³-hybridized carbons (Fsp3) is 0. The van der Waals surface area contributed by atoms with E-state index in [9.17, 15) is 0 Å². The molecule has 0 bridgehead atoms. The Bertz CT molecular complexity index is 8.00. The van der Waals surface area contributed by atoms with Crippen LogP contribution in [0.25, 0.3) is 0 Å². The molecular formula is H5AlMgMnO. The molecule has 4 heavy (non-hydrogen) atoms. The third-order valence-electron chi connectivity index (χ3n) is 0. The van der Waals surface area contributed by atoms with Crippen LogP contribution in [-0.4, -0.2) is 40.4 Å². The van der Waals surface area contributed by atoms with Crippen LogP contribution in [0.15, 0.2) is 0 Å². The normalized spacial score (nSPS) is 1.00. The average Bonchev–Trinajstić information content (AvgIpc) is 1.00. The standard InChI is InChI=1S/Al.Mg.Mn.O.5H. The van der Waals surface area contributed by atoms with Crippen LogP contribution in [0.3, 0.4) is 0 Å². The van der Waals surface area contributed by atoms with Gasteiger partial charge in [-0.2, -0.15) is 0 Å². The van der Waals surface area contributed by atoms with Gasteiger partial charge in [0.05, 0.1) is 0 Å². The zero-order valence-corrected chi connectivity index (χ0v) is 1.97. The summed E-state index contributed by atoms with van der Waals surface area (Å²) in [7, 11) is 0. The van der Waals surface area contributed by atoms with Crippen molar-refractivity contribution in [3.63, 3.8) is 0 Å². The van der Waals surface area contributed by atoms with Crippen LogP contribution in [0.2, 0.25) is 0 Å². The van der Waals surface area contributed by atoms with Gasteiger partial charge in [0, 0.05) is 0 Å². The molecule has 0 N–H and O–H groups in total. The van der Waals surface area contributed by atoms with E-state index in [0.29, 0.717) is 0 Å². The molecule has 0 aromatic rings. The molecule has 23 valence electrons. The molecule has 0 fully saturated rings. The monoisotopic (exact) mass is 127 g/mol. The summed E-state index contributed by atoms with van der Waals surface area (Å²) in [6, 6.07) is 0. The molecule has 0 aliphatic heterocycles. The van der Waals surface area contributed by atoms with Gasteiger partial charge >= 0.3 is 42.8 Å². The van der Waals surface area contributed by atoms with Crippen LogP contribution in [0.4, 0.5) is 0 Å². The first-order valence-corrected chi connectivity index (χ1v) is 0.636. The second-order valence-corrected chi connectivity index (χ2v) is 0. The predicted octanol–water partition coefficient (Wildman–Crippen LogP) is -2.22. The first-order chi connectivity index (χ1) is 1.00. The summed E-state index contributed by atoms with van der Waals surface area (Å²) < 4.78 is 8.06. The van der Waals surface area contributed by atoms with Crippen molar-refractivity contribution in [1.82, 2.24) is 0 Å². The van der Waals surface area contributed by atoms with Crippen molar-refractivity contribution < 1.29 is 19.8 Å². The third kappa shape index (κ3) is 9.47. The second-order valence-electron chi connectivity index (χ2n) is 0. The fourth-order valence-electron chi connectivity index (χ4n) is 0. The molecule has 0 radical (unpaired) electrons. The summed E-state index contributed by atoms with van der Waals surface area (Å²) in [4.78, 5) is 0. The molecule has 0 rings (SSSR count). The van der Waals surface area contributed by atoms with Crippen LogP contribution >= 0.6 is 0 Å². The van der Waals surface area contributed by atoms with Crippen LogP contribution in [0, 0.1) is 0 Å². The summed E-state index contributed by atoms with van der Waals surface area (Å²) in [5.41, 5.74) is 0. The fourth-order valence-corrected chi connectivity index (χ4v) is 0. The predicted molar refractivity (Wildman–Crippen MR) is 19.2 cm³/mol. The second kappa shape index (κ2) is 23.1. The maximum absolute atomic E-state index is 8.06. The molecule has 0 saturated carbocycles. The minimum absolute atomic E-state index is 0. The molecule has 0 spiro atoms. The number of hydrogen-bond acceptors (Lipinski definition) is 1. The average molecular weight is 127 g/mol. The van der Waals surface area contributed by atoms with Crippen molar-refractivity contribution in [2.24, 2.45) is 0 Å². The van der Waals surface area contributed by atoms with E-state index in [0.717, 1.165) is 0 Å². The van der Waals surface area contributed by atoms with Crippen molar-refractivity contribution in [2.45, 2.75) is 0 Å². The Balaban J connectivity index is -0.00000000500. The molecule has 0 saturated heterocycles. The molecule has 4 heteroatoms. The zero-order chi connectivity index (χ0) is 2.00. The Morgan fingerprint density at radius 2 is 1.25 bits per heavy atom. The van der Waals surface area contributed by atoms with E-state index in [1.165, 1.54) is 0 Å². The van der Waals surface area contributed by atoms with Gasteiger partial charge < -0.3 is 0 Å². The molecular weight excluding hydrogens is 122 g/mol. The quantitative estimate of drug-likeness (QED) is 0.337. The zero-order valence-electron chi connectivity index (χ0n) is 0.786. The van der Waals surface area contributed by atoms with Gasteiger partial charge in [0.25, 0.3) is 0 Å². The van der Waals surface area contributed by atoms with Gasteiger partial charge in [-0.3, -0.25) is 0 Å². The van der Waals surface area contributed by atoms with Gasteiger partial charge in [0.15, 0.2) is 17.4 Å².